The summed E-state index contributed by atoms with van der Waals surface area (Å²) in [6, 6.07) is 5.91. The second-order valence-electron chi connectivity index (χ2n) is 6.67. The van der Waals surface area contributed by atoms with E-state index in [0.717, 1.165) is 5.56 Å². The molecule has 124 valence electrons. The molecule has 0 aromatic heterocycles. The van der Waals surface area contributed by atoms with Crippen molar-refractivity contribution < 1.29 is 22.8 Å². The molecule has 1 aliphatic rings. The summed E-state index contributed by atoms with van der Waals surface area (Å²) < 4.78 is 26.2. The van der Waals surface area contributed by atoms with Crippen molar-refractivity contribution in [2.24, 2.45) is 11.3 Å². The fourth-order valence-corrected chi connectivity index (χ4v) is 3.64. The molecule has 1 aromatic carbocycles. The SMILES string of the molecule is Cc1ccc(S(=O)(=O)NC(=O)C2C(=O)CC(C)(C)CC2=O)cc1. The molecule has 1 N–H and O–H groups in total. The van der Waals surface area contributed by atoms with Gasteiger partial charge in [0.1, 0.15) is 0 Å². The monoisotopic (exact) mass is 337 g/mol. The van der Waals surface area contributed by atoms with Gasteiger partial charge in [-0.2, -0.15) is 0 Å². The molecule has 0 atom stereocenters. The molecule has 1 aromatic rings. The van der Waals surface area contributed by atoms with Gasteiger partial charge in [0.25, 0.3) is 15.9 Å². The lowest BCUT2D eigenvalue weighted by molar-refractivity contribution is -0.145. The largest absolute Gasteiger partial charge is 0.298 e. The quantitative estimate of drug-likeness (QED) is 0.840. The molecular weight excluding hydrogens is 318 g/mol. The Bertz CT molecular complexity index is 742. The Balaban J connectivity index is 2.20. The highest BCUT2D eigenvalue weighted by molar-refractivity contribution is 7.90. The zero-order chi connectivity index (χ0) is 17.4. The number of nitrogens with one attached hydrogen (secondary N) is 1. The van der Waals surface area contributed by atoms with E-state index in [1.165, 1.54) is 12.1 Å². The highest BCUT2D eigenvalue weighted by atomic mass is 32.2. The van der Waals surface area contributed by atoms with E-state index >= 15 is 0 Å². The third kappa shape index (κ3) is 3.85. The maximum atomic E-state index is 12.2. The molecule has 0 aliphatic heterocycles. The first-order valence-corrected chi connectivity index (χ1v) is 8.69. The Labute approximate surface area is 135 Å². The average molecular weight is 337 g/mol. The van der Waals surface area contributed by atoms with Gasteiger partial charge in [0.15, 0.2) is 17.5 Å². The summed E-state index contributed by atoms with van der Waals surface area (Å²) in [6.45, 7) is 5.33. The molecule has 0 saturated heterocycles. The van der Waals surface area contributed by atoms with Gasteiger partial charge in [-0.15, -0.1) is 0 Å². The van der Waals surface area contributed by atoms with Crippen LogP contribution in [0.25, 0.3) is 0 Å². The number of amides is 1. The van der Waals surface area contributed by atoms with Crippen LogP contribution >= 0.6 is 0 Å². The van der Waals surface area contributed by atoms with Crippen LogP contribution in [0.1, 0.15) is 32.3 Å². The lowest BCUT2D eigenvalue weighted by Gasteiger charge is -2.31. The van der Waals surface area contributed by atoms with Crippen molar-refractivity contribution in [1.29, 1.82) is 0 Å². The van der Waals surface area contributed by atoms with Crippen LogP contribution in [-0.2, 0) is 24.4 Å². The number of carbonyl (C=O) groups is 3. The van der Waals surface area contributed by atoms with E-state index in [1.807, 2.05) is 4.72 Å². The highest BCUT2D eigenvalue weighted by Crippen LogP contribution is 2.34. The summed E-state index contributed by atoms with van der Waals surface area (Å²) in [7, 11) is -4.11. The summed E-state index contributed by atoms with van der Waals surface area (Å²) in [6.07, 6.45) is 0.142. The molecule has 1 fully saturated rings. The third-order valence-electron chi connectivity index (χ3n) is 3.78. The first-order valence-electron chi connectivity index (χ1n) is 7.21. The number of sulfonamides is 1. The molecule has 1 saturated carbocycles. The minimum atomic E-state index is -4.11. The molecule has 1 aliphatic carbocycles. The maximum absolute atomic E-state index is 12.2. The molecule has 7 heteroatoms. The van der Waals surface area contributed by atoms with Crippen molar-refractivity contribution in [3.63, 3.8) is 0 Å². The van der Waals surface area contributed by atoms with Crippen molar-refractivity contribution >= 4 is 27.5 Å². The summed E-state index contributed by atoms with van der Waals surface area (Å²) in [5, 5.41) is 0. The fourth-order valence-electron chi connectivity index (χ4n) is 2.65. The van der Waals surface area contributed by atoms with Crippen LogP contribution < -0.4 is 4.72 Å². The molecule has 1 amide bonds. The Morgan fingerprint density at radius 1 is 1.09 bits per heavy atom. The van der Waals surface area contributed by atoms with Crippen LogP contribution in [0.5, 0.6) is 0 Å². The Hall–Kier alpha value is -2.02. The number of Topliss-reactive ketones (excluding diaryl/α,β-unsaturated/α-hetero) is 2. The molecule has 23 heavy (non-hydrogen) atoms. The number of aryl methyl sites for hydroxylation is 1. The van der Waals surface area contributed by atoms with E-state index < -0.39 is 38.8 Å². The van der Waals surface area contributed by atoms with Gasteiger partial charge in [0, 0.05) is 12.8 Å². The summed E-state index contributed by atoms with van der Waals surface area (Å²) in [4.78, 5) is 36.2. The molecule has 0 bridgehead atoms. The smallest absolute Gasteiger partial charge is 0.264 e. The number of hydrogen-bond donors (Lipinski definition) is 1. The van der Waals surface area contributed by atoms with Gasteiger partial charge in [-0.3, -0.25) is 14.4 Å². The van der Waals surface area contributed by atoms with Crippen molar-refractivity contribution in [2.45, 2.75) is 38.5 Å². The standard InChI is InChI=1S/C16H19NO5S/c1-10-4-6-11(7-5-10)23(21,22)17-15(20)14-12(18)8-16(2,3)9-13(14)19/h4-7,14H,8-9H2,1-3H3,(H,17,20). The van der Waals surface area contributed by atoms with Gasteiger partial charge in [0.2, 0.25) is 0 Å². The number of ketones is 2. The number of carbonyl (C=O) groups excluding carboxylic acids is 3. The molecular formula is C16H19NO5S. The Morgan fingerprint density at radius 2 is 1.57 bits per heavy atom. The average Bonchev–Trinajstić information content (AvgIpc) is 2.35. The predicted molar refractivity (Wildman–Crippen MR) is 83.0 cm³/mol. The van der Waals surface area contributed by atoms with Crippen LogP contribution in [-0.4, -0.2) is 25.9 Å². The first kappa shape index (κ1) is 17.3. The van der Waals surface area contributed by atoms with E-state index in [1.54, 1.807) is 32.9 Å². The van der Waals surface area contributed by atoms with E-state index in [4.69, 9.17) is 0 Å². The van der Waals surface area contributed by atoms with Crippen LogP contribution in [0.4, 0.5) is 0 Å². The Morgan fingerprint density at radius 3 is 2.04 bits per heavy atom. The maximum Gasteiger partial charge on any atom is 0.264 e. The molecule has 0 radical (unpaired) electrons. The molecule has 2 rings (SSSR count). The topological polar surface area (TPSA) is 97.4 Å². The van der Waals surface area contributed by atoms with E-state index in [2.05, 4.69) is 0 Å². The minimum Gasteiger partial charge on any atom is -0.298 e. The molecule has 0 spiro atoms. The summed E-state index contributed by atoms with van der Waals surface area (Å²) in [5.74, 6) is -3.69. The molecule has 0 heterocycles. The normalized spacial score (nSPS) is 18.7. The van der Waals surface area contributed by atoms with Gasteiger partial charge in [-0.05, 0) is 24.5 Å². The highest BCUT2D eigenvalue weighted by Gasteiger charge is 2.44. The predicted octanol–water partition coefficient (Wildman–Crippen LogP) is 1.37. The fraction of sp³-hybridized carbons (Fsp3) is 0.438. The zero-order valence-electron chi connectivity index (χ0n) is 13.3. The van der Waals surface area contributed by atoms with E-state index in [9.17, 15) is 22.8 Å². The number of rotatable bonds is 3. The first-order chi connectivity index (χ1) is 10.5. The second-order valence-corrected chi connectivity index (χ2v) is 8.35. The van der Waals surface area contributed by atoms with Gasteiger partial charge in [-0.25, -0.2) is 13.1 Å². The second kappa shape index (κ2) is 5.88. The summed E-state index contributed by atoms with van der Waals surface area (Å²) >= 11 is 0. The third-order valence-corrected chi connectivity index (χ3v) is 5.14. The summed E-state index contributed by atoms with van der Waals surface area (Å²) in [5.41, 5.74) is 0.371. The van der Waals surface area contributed by atoms with Crippen molar-refractivity contribution in [1.82, 2.24) is 4.72 Å². The number of benzene rings is 1. The lowest BCUT2D eigenvalue weighted by atomic mass is 9.71. The van der Waals surface area contributed by atoms with Gasteiger partial charge >= 0.3 is 0 Å². The zero-order valence-corrected chi connectivity index (χ0v) is 14.1. The van der Waals surface area contributed by atoms with Crippen molar-refractivity contribution in [3.8, 4) is 0 Å². The van der Waals surface area contributed by atoms with Crippen LogP contribution in [0.3, 0.4) is 0 Å². The van der Waals surface area contributed by atoms with Crippen LogP contribution in [0.15, 0.2) is 29.2 Å². The number of hydrogen-bond acceptors (Lipinski definition) is 5. The van der Waals surface area contributed by atoms with Gasteiger partial charge < -0.3 is 0 Å². The Kier molecular flexibility index (Phi) is 4.43. The molecule has 6 nitrogen and oxygen atoms in total. The van der Waals surface area contributed by atoms with Crippen LogP contribution in [0, 0.1) is 18.3 Å². The van der Waals surface area contributed by atoms with Crippen LogP contribution in [0.2, 0.25) is 0 Å². The minimum absolute atomic E-state index is 0.0708. The molecule has 0 unspecified atom stereocenters. The van der Waals surface area contributed by atoms with Crippen molar-refractivity contribution in [2.75, 3.05) is 0 Å². The van der Waals surface area contributed by atoms with Gasteiger partial charge in [0.05, 0.1) is 4.90 Å². The van der Waals surface area contributed by atoms with E-state index in [0.29, 0.717) is 0 Å². The lowest BCUT2D eigenvalue weighted by Crippen LogP contribution is -2.47. The van der Waals surface area contributed by atoms with Crippen molar-refractivity contribution in [3.05, 3.63) is 29.8 Å². The van der Waals surface area contributed by atoms with Gasteiger partial charge in [-0.1, -0.05) is 31.5 Å². The van der Waals surface area contributed by atoms with E-state index in [-0.39, 0.29) is 17.7 Å².